The van der Waals surface area contributed by atoms with E-state index in [9.17, 15) is 0 Å². The quantitative estimate of drug-likeness (QED) is 0.370. The molecule has 0 aromatic rings. The molecule has 0 aliphatic heterocycles. The van der Waals surface area contributed by atoms with Crippen LogP contribution in [0.1, 0.15) is 6.92 Å². The first-order valence-electron chi connectivity index (χ1n) is 1.88. The third-order valence-corrected chi connectivity index (χ3v) is 0.556. The Labute approximate surface area is 42.2 Å². The smallest absolute Gasteiger partial charge is 0.180 e. The second-order valence-corrected chi connectivity index (χ2v) is 1.73. The van der Waals surface area contributed by atoms with E-state index in [4.69, 9.17) is 15.3 Å². The van der Waals surface area contributed by atoms with Crippen molar-refractivity contribution in [2.45, 2.75) is 18.8 Å². The van der Waals surface area contributed by atoms with Crippen LogP contribution in [-0.4, -0.2) is 27.2 Å². The molecular weight excluding hydrogens is 96.0 g/mol. The van der Waals surface area contributed by atoms with Gasteiger partial charge in [-0.1, -0.05) is 0 Å². The van der Waals surface area contributed by atoms with Crippen LogP contribution >= 0.6 is 0 Å². The summed E-state index contributed by atoms with van der Waals surface area (Å²) < 4.78 is 0. The van der Waals surface area contributed by atoms with Crippen molar-refractivity contribution < 1.29 is 15.3 Å². The van der Waals surface area contributed by atoms with Crippen LogP contribution in [0.25, 0.3) is 0 Å². The van der Waals surface area contributed by atoms with Crippen molar-refractivity contribution in [3.63, 3.8) is 0 Å². The maximum absolute atomic E-state index is 8.48. The Morgan fingerprint density at radius 2 is 1.71 bits per heavy atom. The van der Waals surface area contributed by atoms with E-state index in [0.717, 1.165) is 0 Å². The lowest BCUT2D eigenvalue weighted by Crippen LogP contribution is -2.35. The minimum atomic E-state index is -1.76. The molecule has 0 amide bonds. The van der Waals surface area contributed by atoms with E-state index in [1.54, 1.807) is 0 Å². The van der Waals surface area contributed by atoms with Gasteiger partial charge in [0.15, 0.2) is 6.29 Å². The second kappa shape index (κ2) is 1.78. The predicted molar refractivity (Wildman–Crippen MR) is 24.2 cm³/mol. The average molecular weight is 105 g/mol. The molecule has 0 bridgehead atoms. The molecule has 0 fully saturated rings. The van der Waals surface area contributed by atoms with Crippen LogP contribution in [0.15, 0.2) is 0 Å². The summed E-state index contributed by atoms with van der Waals surface area (Å²) in [6, 6.07) is 0. The number of rotatable bonds is 1. The van der Waals surface area contributed by atoms with E-state index in [1.807, 2.05) is 0 Å². The van der Waals surface area contributed by atoms with E-state index in [2.05, 4.69) is 6.92 Å². The molecule has 1 atom stereocenters. The normalized spacial score (nSPS) is 12.9. The third-order valence-electron chi connectivity index (χ3n) is 0.556. The first-order valence-corrected chi connectivity index (χ1v) is 1.88. The maximum Gasteiger partial charge on any atom is 0.180 e. The molecule has 7 heavy (non-hydrogen) atoms. The summed E-state index contributed by atoms with van der Waals surface area (Å²) >= 11 is 0. The zero-order valence-corrected chi connectivity index (χ0v) is 4.13. The minimum Gasteiger partial charge on any atom is -0.385 e. The van der Waals surface area contributed by atoms with Gasteiger partial charge < -0.3 is 15.3 Å². The van der Waals surface area contributed by atoms with Crippen molar-refractivity contribution in [3.8, 4) is 0 Å². The number of hydrogen-bond donors (Lipinski definition) is 3. The second-order valence-electron chi connectivity index (χ2n) is 1.73. The van der Waals surface area contributed by atoms with E-state index in [1.165, 1.54) is 6.92 Å². The molecule has 43 valence electrons. The van der Waals surface area contributed by atoms with Crippen LogP contribution in [0.4, 0.5) is 0 Å². The largest absolute Gasteiger partial charge is 0.385 e. The molecule has 0 saturated carbocycles. The summed E-state index contributed by atoms with van der Waals surface area (Å²) in [6.07, 6.45) is -1.76. The molecule has 3 N–H and O–H groups in total. The van der Waals surface area contributed by atoms with Gasteiger partial charge in [0.1, 0.15) is 5.60 Å². The lowest BCUT2D eigenvalue weighted by Gasteiger charge is -2.17. The van der Waals surface area contributed by atoms with Gasteiger partial charge in [0.05, 0.1) is 0 Å². The van der Waals surface area contributed by atoms with E-state index in [-0.39, 0.29) is 0 Å². The first-order chi connectivity index (χ1) is 2.94. The summed E-state index contributed by atoms with van der Waals surface area (Å²) in [5, 5.41) is 24.7. The average Bonchev–Trinajstić information content (AvgIpc) is 1.31. The molecule has 0 heterocycles. The lowest BCUT2D eigenvalue weighted by atomic mass is 10.1. The Hall–Kier alpha value is -0.120. The standard InChI is InChI=1S/C4H9O3/c1-4(2,7)3(5)6/h3,5-7H,1H2,2H3. The summed E-state index contributed by atoms with van der Waals surface area (Å²) in [7, 11) is 0. The molecule has 0 rings (SSSR count). The van der Waals surface area contributed by atoms with E-state index < -0.39 is 11.9 Å². The zero-order valence-electron chi connectivity index (χ0n) is 4.13. The van der Waals surface area contributed by atoms with Crippen molar-refractivity contribution in [3.05, 3.63) is 6.92 Å². The van der Waals surface area contributed by atoms with E-state index in [0.29, 0.717) is 0 Å². The lowest BCUT2D eigenvalue weighted by molar-refractivity contribution is -0.153. The van der Waals surface area contributed by atoms with Crippen LogP contribution in [-0.2, 0) is 0 Å². The van der Waals surface area contributed by atoms with Crippen molar-refractivity contribution >= 4 is 0 Å². The Morgan fingerprint density at radius 1 is 1.57 bits per heavy atom. The molecule has 0 spiro atoms. The van der Waals surface area contributed by atoms with Crippen molar-refractivity contribution in [1.82, 2.24) is 0 Å². The highest BCUT2D eigenvalue weighted by Gasteiger charge is 2.20. The van der Waals surface area contributed by atoms with Crippen LogP contribution in [0.5, 0.6) is 0 Å². The van der Waals surface area contributed by atoms with Gasteiger partial charge in [-0.2, -0.15) is 0 Å². The van der Waals surface area contributed by atoms with Crippen molar-refractivity contribution in [2.24, 2.45) is 0 Å². The minimum absolute atomic E-state index is 1.21. The Bertz CT molecular complexity index is 52.4. The molecule has 0 saturated heterocycles. The molecule has 0 aromatic carbocycles. The first kappa shape index (κ1) is 6.88. The Kier molecular flexibility index (Phi) is 1.75. The molecule has 3 heteroatoms. The van der Waals surface area contributed by atoms with Gasteiger partial charge in [-0.25, -0.2) is 0 Å². The summed E-state index contributed by atoms with van der Waals surface area (Å²) in [5.74, 6) is 0. The van der Waals surface area contributed by atoms with Crippen LogP contribution < -0.4 is 0 Å². The predicted octanol–water partition coefficient (Wildman–Crippen LogP) is -1.12. The van der Waals surface area contributed by atoms with Crippen LogP contribution in [0, 0.1) is 6.92 Å². The molecule has 3 nitrogen and oxygen atoms in total. The molecule has 1 radical (unpaired) electrons. The zero-order chi connectivity index (χ0) is 6.08. The molecule has 0 aromatic heterocycles. The summed E-state index contributed by atoms with van der Waals surface area (Å²) in [4.78, 5) is 0. The fourth-order valence-corrected chi connectivity index (χ4v) is 0. The van der Waals surface area contributed by atoms with Gasteiger partial charge in [0.25, 0.3) is 0 Å². The molecule has 0 aliphatic rings. The SMILES string of the molecule is [CH2]C(C)(O)C(O)O. The van der Waals surface area contributed by atoms with Crippen molar-refractivity contribution in [2.75, 3.05) is 0 Å². The maximum atomic E-state index is 8.48. The number of aliphatic hydroxyl groups is 3. The van der Waals surface area contributed by atoms with Gasteiger partial charge in [-0.05, 0) is 13.8 Å². The summed E-state index contributed by atoms with van der Waals surface area (Å²) in [5.41, 5.74) is -1.64. The highest BCUT2D eigenvalue weighted by atomic mass is 16.5. The molecule has 1 unspecified atom stereocenters. The third kappa shape index (κ3) is 2.56. The number of hydrogen-bond acceptors (Lipinski definition) is 3. The van der Waals surface area contributed by atoms with Crippen LogP contribution in [0.3, 0.4) is 0 Å². The highest BCUT2D eigenvalue weighted by molar-refractivity contribution is 4.76. The monoisotopic (exact) mass is 105 g/mol. The van der Waals surface area contributed by atoms with E-state index >= 15 is 0 Å². The summed E-state index contributed by atoms with van der Waals surface area (Å²) in [6.45, 7) is 4.23. The van der Waals surface area contributed by atoms with Crippen LogP contribution in [0.2, 0.25) is 0 Å². The fraction of sp³-hybridized carbons (Fsp3) is 0.750. The van der Waals surface area contributed by atoms with Gasteiger partial charge in [-0.15, -0.1) is 0 Å². The number of aliphatic hydroxyl groups excluding tert-OH is 1. The van der Waals surface area contributed by atoms with Crippen molar-refractivity contribution in [1.29, 1.82) is 0 Å². The van der Waals surface area contributed by atoms with Gasteiger partial charge in [0, 0.05) is 0 Å². The van der Waals surface area contributed by atoms with Gasteiger partial charge in [0.2, 0.25) is 0 Å². The Balaban J connectivity index is 3.54. The topological polar surface area (TPSA) is 60.7 Å². The van der Waals surface area contributed by atoms with Gasteiger partial charge in [-0.3, -0.25) is 0 Å². The molecule has 0 aliphatic carbocycles. The Morgan fingerprint density at radius 3 is 1.71 bits per heavy atom. The highest BCUT2D eigenvalue weighted by Crippen LogP contribution is 2.02. The fourth-order valence-electron chi connectivity index (χ4n) is 0. The molecular formula is C4H9O3. The van der Waals surface area contributed by atoms with Gasteiger partial charge >= 0.3 is 0 Å².